The summed E-state index contributed by atoms with van der Waals surface area (Å²) in [6.07, 6.45) is 0. The van der Waals surface area contributed by atoms with E-state index in [9.17, 15) is 9.18 Å². The van der Waals surface area contributed by atoms with Crippen molar-refractivity contribution in [3.63, 3.8) is 0 Å². The Balaban J connectivity index is 1.89. The summed E-state index contributed by atoms with van der Waals surface area (Å²) in [5.41, 5.74) is 1.91. The lowest BCUT2D eigenvalue weighted by Crippen LogP contribution is -2.42. The Morgan fingerprint density at radius 1 is 0.840 bits per heavy atom. The molecule has 0 aromatic heterocycles. The van der Waals surface area contributed by atoms with Crippen LogP contribution in [0.25, 0.3) is 0 Å². The molecule has 0 unspecified atom stereocenters. The highest BCUT2D eigenvalue weighted by atomic mass is 19.1. The molecule has 3 aromatic rings. The van der Waals surface area contributed by atoms with Crippen molar-refractivity contribution in [2.24, 2.45) is 0 Å². The summed E-state index contributed by atoms with van der Waals surface area (Å²) < 4.78 is 13.0. The number of carbonyl (C=O) groups is 1. The zero-order valence-electron chi connectivity index (χ0n) is 14.1. The van der Waals surface area contributed by atoms with Crippen LogP contribution in [0, 0.1) is 5.82 Å². The molecule has 0 saturated heterocycles. The smallest absolute Gasteiger partial charge is 0.235 e. The van der Waals surface area contributed by atoms with Gasteiger partial charge in [-0.3, -0.25) is 4.79 Å². The molecule has 3 rings (SSSR count). The fourth-order valence-electron chi connectivity index (χ4n) is 2.93. The first kappa shape index (κ1) is 16.9. The molecule has 0 aliphatic carbocycles. The fourth-order valence-corrected chi connectivity index (χ4v) is 2.93. The van der Waals surface area contributed by atoms with E-state index in [1.165, 1.54) is 12.1 Å². The van der Waals surface area contributed by atoms with Gasteiger partial charge in [-0.15, -0.1) is 0 Å². The largest absolute Gasteiger partial charge is 0.351 e. The van der Waals surface area contributed by atoms with E-state index in [1.54, 1.807) is 12.1 Å². The molecule has 0 bridgehead atoms. The van der Waals surface area contributed by atoms with Crippen LogP contribution in [-0.4, -0.2) is 5.91 Å². The summed E-state index contributed by atoms with van der Waals surface area (Å²) in [5.74, 6) is -0.372. The summed E-state index contributed by atoms with van der Waals surface area (Å²) in [6, 6.07) is 25.6. The fraction of sp³-hybridized carbons (Fsp3) is 0.136. The Hall–Kier alpha value is -2.94. The minimum Gasteiger partial charge on any atom is -0.351 e. The Bertz CT molecular complexity index is 789. The molecule has 3 aromatic carbocycles. The second kappa shape index (κ2) is 7.31. The van der Waals surface area contributed by atoms with Gasteiger partial charge < -0.3 is 5.32 Å². The molecular formula is C22H20FNO. The SMILES string of the molecule is CC(C(=O)NCc1ccc(F)cc1)(c1ccccc1)c1ccccc1. The van der Waals surface area contributed by atoms with E-state index in [2.05, 4.69) is 5.32 Å². The summed E-state index contributed by atoms with van der Waals surface area (Å²) in [7, 11) is 0. The van der Waals surface area contributed by atoms with Crippen LogP contribution in [0.3, 0.4) is 0 Å². The summed E-state index contributed by atoms with van der Waals surface area (Å²) in [4.78, 5) is 13.1. The van der Waals surface area contributed by atoms with Gasteiger partial charge in [0.05, 0.1) is 5.41 Å². The monoisotopic (exact) mass is 333 g/mol. The van der Waals surface area contributed by atoms with Gasteiger partial charge in [-0.1, -0.05) is 72.8 Å². The van der Waals surface area contributed by atoms with Gasteiger partial charge in [-0.05, 0) is 35.7 Å². The van der Waals surface area contributed by atoms with Crippen LogP contribution in [0.4, 0.5) is 4.39 Å². The van der Waals surface area contributed by atoms with Gasteiger partial charge in [0.25, 0.3) is 0 Å². The van der Waals surface area contributed by atoms with Crippen molar-refractivity contribution in [2.75, 3.05) is 0 Å². The first-order chi connectivity index (χ1) is 12.1. The Labute approximate surface area is 147 Å². The number of halogens is 1. The standard InChI is InChI=1S/C22H20FNO/c1-22(18-8-4-2-5-9-18,19-10-6-3-7-11-19)21(25)24-16-17-12-14-20(23)15-13-17/h2-15H,16H2,1H3,(H,24,25). The molecule has 3 heteroatoms. The molecule has 0 saturated carbocycles. The van der Waals surface area contributed by atoms with E-state index in [0.29, 0.717) is 6.54 Å². The Morgan fingerprint density at radius 3 is 1.80 bits per heavy atom. The topological polar surface area (TPSA) is 29.1 Å². The molecule has 0 aliphatic heterocycles. The highest BCUT2D eigenvalue weighted by Crippen LogP contribution is 2.32. The average molecular weight is 333 g/mol. The second-order valence-electron chi connectivity index (χ2n) is 6.17. The molecule has 0 atom stereocenters. The number of carbonyl (C=O) groups excluding carboxylic acids is 1. The van der Waals surface area contributed by atoms with Gasteiger partial charge in [0.1, 0.15) is 5.82 Å². The number of amides is 1. The maximum Gasteiger partial charge on any atom is 0.235 e. The molecule has 25 heavy (non-hydrogen) atoms. The van der Waals surface area contributed by atoms with Crippen molar-refractivity contribution in [2.45, 2.75) is 18.9 Å². The average Bonchev–Trinajstić information content (AvgIpc) is 2.68. The van der Waals surface area contributed by atoms with Gasteiger partial charge in [-0.2, -0.15) is 0 Å². The first-order valence-corrected chi connectivity index (χ1v) is 8.24. The zero-order chi connectivity index (χ0) is 17.7. The van der Waals surface area contributed by atoms with Crippen molar-refractivity contribution in [1.82, 2.24) is 5.32 Å². The molecule has 0 aliphatic rings. The lowest BCUT2D eigenvalue weighted by atomic mass is 9.75. The van der Waals surface area contributed by atoms with Gasteiger partial charge in [0.15, 0.2) is 0 Å². The molecule has 2 nitrogen and oxygen atoms in total. The molecule has 1 amide bonds. The molecule has 126 valence electrons. The quantitative estimate of drug-likeness (QED) is 0.734. The summed E-state index contributed by atoms with van der Waals surface area (Å²) >= 11 is 0. The van der Waals surface area contributed by atoms with Crippen molar-refractivity contribution < 1.29 is 9.18 Å². The third-order valence-electron chi connectivity index (χ3n) is 4.52. The van der Waals surface area contributed by atoms with Gasteiger partial charge in [0.2, 0.25) is 5.91 Å². The number of rotatable bonds is 5. The van der Waals surface area contributed by atoms with Crippen molar-refractivity contribution in [3.05, 3.63) is 107 Å². The highest BCUT2D eigenvalue weighted by Gasteiger charge is 2.36. The third kappa shape index (κ3) is 3.61. The third-order valence-corrected chi connectivity index (χ3v) is 4.52. The predicted octanol–water partition coefficient (Wildman–Crippen LogP) is 4.45. The Morgan fingerprint density at radius 2 is 1.32 bits per heavy atom. The maximum atomic E-state index is 13.1. The Kier molecular flexibility index (Phi) is 4.94. The van der Waals surface area contributed by atoms with Crippen molar-refractivity contribution >= 4 is 5.91 Å². The summed E-state index contributed by atoms with van der Waals surface area (Å²) in [5, 5.41) is 2.99. The normalized spacial score (nSPS) is 11.1. The minimum atomic E-state index is -0.803. The number of hydrogen-bond donors (Lipinski definition) is 1. The van der Waals surface area contributed by atoms with Crippen LogP contribution < -0.4 is 5.32 Å². The van der Waals surface area contributed by atoms with Gasteiger partial charge in [-0.25, -0.2) is 4.39 Å². The molecule has 1 N–H and O–H groups in total. The number of benzene rings is 3. The number of nitrogens with one attached hydrogen (secondary N) is 1. The van der Waals surface area contributed by atoms with E-state index in [-0.39, 0.29) is 11.7 Å². The van der Waals surface area contributed by atoms with Crippen molar-refractivity contribution in [1.29, 1.82) is 0 Å². The predicted molar refractivity (Wildman–Crippen MR) is 97.6 cm³/mol. The zero-order valence-corrected chi connectivity index (χ0v) is 14.1. The van der Waals surface area contributed by atoms with Crippen molar-refractivity contribution in [3.8, 4) is 0 Å². The van der Waals surface area contributed by atoms with Crippen LogP contribution >= 0.6 is 0 Å². The minimum absolute atomic E-state index is 0.0887. The molecule has 0 spiro atoms. The second-order valence-corrected chi connectivity index (χ2v) is 6.17. The van der Waals surface area contributed by atoms with E-state index in [1.807, 2.05) is 67.6 Å². The lowest BCUT2D eigenvalue weighted by molar-refractivity contribution is -0.125. The van der Waals surface area contributed by atoms with Gasteiger partial charge >= 0.3 is 0 Å². The van der Waals surface area contributed by atoms with Crippen LogP contribution in [0.1, 0.15) is 23.6 Å². The molecule has 0 fully saturated rings. The number of hydrogen-bond acceptors (Lipinski definition) is 1. The van der Waals surface area contributed by atoms with Crippen LogP contribution in [0.2, 0.25) is 0 Å². The maximum absolute atomic E-state index is 13.1. The van der Waals surface area contributed by atoms with Crippen LogP contribution in [0.5, 0.6) is 0 Å². The van der Waals surface area contributed by atoms with Gasteiger partial charge in [0, 0.05) is 6.54 Å². The lowest BCUT2D eigenvalue weighted by Gasteiger charge is -2.29. The van der Waals surface area contributed by atoms with E-state index in [0.717, 1.165) is 16.7 Å². The van der Waals surface area contributed by atoms with E-state index < -0.39 is 5.41 Å². The molecule has 0 heterocycles. The summed E-state index contributed by atoms with van der Waals surface area (Å²) in [6.45, 7) is 2.28. The molecule has 0 radical (unpaired) electrons. The van der Waals surface area contributed by atoms with Crippen LogP contribution in [-0.2, 0) is 16.8 Å². The highest BCUT2D eigenvalue weighted by molar-refractivity contribution is 5.91. The van der Waals surface area contributed by atoms with E-state index in [4.69, 9.17) is 0 Å². The van der Waals surface area contributed by atoms with E-state index >= 15 is 0 Å². The molecular weight excluding hydrogens is 313 g/mol. The van der Waals surface area contributed by atoms with Crippen LogP contribution in [0.15, 0.2) is 84.9 Å². The first-order valence-electron chi connectivity index (χ1n) is 8.24.